The molecule has 0 radical (unpaired) electrons. The predicted octanol–water partition coefficient (Wildman–Crippen LogP) is 3.80. The van der Waals surface area contributed by atoms with Crippen molar-refractivity contribution in [2.24, 2.45) is 0 Å². The van der Waals surface area contributed by atoms with E-state index in [2.05, 4.69) is 5.32 Å². The smallest absolute Gasteiger partial charge is 0.262 e. The first-order chi connectivity index (χ1) is 10.7. The Labute approximate surface area is 131 Å². The van der Waals surface area contributed by atoms with Crippen LogP contribution in [0.25, 0.3) is 0 Å². The lowest BCUT2D eigenvalue weighted by Crippen LogP contribution is -2.20. The van der Waals surface area contributed by atoms with Crippen molar-refractivity contribution in [3.8, 4) is 11.5 Å². The molecule has 1 amide bonds. The number of benzene rings is 2. The maximum absolute atomic E-state index is 12.0. The Balaban J connectivity index is 1.90. The predicted molar refractivity (Wildman–Crippen MR) is 87.5 cm³/mol. The van der Waals surface area contributed by atoms with Crippen LogP contribution >= 0.6 is 0 Å². The summed E-state index contributed by atoms with van der Waals surface area (Å²) in [5.41, 5.74) is 1.81. The minimum atomic E-state index is -0.215. The second kappa shape index (κ2) is 8.08. The van der Waals surface area contributed by atoms with Crippen molar-refractivity contribution >= 4 is 11.6 Å². The Morgan fingerprint density at radius 1 is 1.05 bits per heavy atom. The SMILES string of the molecule is CCCOc1ccccc1NC(=O)COc1ccc(C)cc1. The zero-order valence-corrected chi connectivity index (χ0v) is 13.0. The van der Waals surface area contributed by atoms with Crippen LogP contribution in [0.3, 0.4) is 0 Å². The molecular formula is C18H21NO3. The van der Waals surface area contributed by atoms with Gasteiger partial charge >= 0.3 is 0 Å². The molecule has 0 fully saturated rings. The summed E-state index contributed by atoms with van der Waals surface area (Å²) in [6, 6.07) is 15.0. The van der Waals surface area contributed by atoms with E-state index >= 15 is 0 Å². The highest BCUT2D eigenvalue weighted by Gasteiger charge is 2.08. The van der Waals surface area contributed by atoms with Gasteiger partial charge in [0.25, 0.3) is 5.91 Å². The van der Waals surface area contributed by atoms with E-state index in [0.29, 0.717) is 23.8 Å². The summed E-state index contributed by atoms with van der Waals surface area (Å²) in [4.78, 5) is 12.0. The van der Waals surface area contributed by atoms with E-state index in [1.807, 2.05) is 62.4 Å². The van der Waals surface area contributed by atoms with Gasteiger partial charge in [0.15, 0.2) is 6.61 Å². The molecule has 2 rings (SSSR count). The third kappa shape index (κ3) is 4.81. The number of carbonyl (C=O) groups is 1. The average Bonchev–Trinajstić information content (AvgIpc) is 2.53. The van der Waals surface area contributed by atoms with E-state index < -0.39 is 0 Å². The molecule has 4 nitrogen and oxygen atoms in total. The van der Waals surface area contributed by atoms with E-state index in [-0.39, 0.29) is 12.5 Å². The van der Waals surface area contributed by atoms with E-state index in [1.165, 1.54) is 0 Å². The molecule has 0 aliphatic carbocycles. The summed E-state index contributed by atoms with van der Waals surface area (Å²) in [6.45, 7) is 4.62. The molecule has 22 heavy (non-hydrogen) atoms. The van der Waals surface area contributed by atoms with Gasteiger partial charge in [-0.1, -0.05) is 36.8 Å². The van der Waals surface area contributed by atoms with Crippen molar-refractivity contribution in [3.05, 3.63) is 54.1 Å². The number of ether oxygens (including phenoxy) is 2. The molecule has 0 unspecified atom stereocenters. The first kappa shape index (κ1) is 15.9. The summed E-state index contributed by atoms with van der Waals surface area (Å²) >= 11 is 0. The number of para-hydroxylation sites is 2. The fourth-order valence-corrected chi connectivity index (χ4v) is 1.88. The minimum Gasteiger partial charge on any atom is -0.491 e. The highest BCUT2D eigenvalue weighted by atomic mass is 16.5. The van der Waals surface area contributed by atoms with E-state index in [1.54, 1.807) is 0 Å². The molecule has 0 heterocycles. The zero-order valence-electron chi connectivity index (χ0n) is 13.0. The number of rotatable bonds is 7. The molecule has 0 saturated carbocycles. The van der Waals surface area contributed by atoms with Gasteiger partial charge in [0, 0.05) is 0 Å². The molecule has 1 N–H and O–H groups in total. The standard InChI is InChI=1S/C18H21NO3/c1-3-12-21-17-7-5-4-6-16(17)19-18(20)13-22-15-10-8-14(2)9-11-15/h4-11H,3,12-13H2,1-2H3,(H,19,20). The van der Waals surface area contributed by atoms with Crippen LogP contribution in [0, 0.1) is 6.92 Å². The van der Waals surface area contributed by atoms with Crippen molar-refractivity contribution in [1.29, 1.82) is 0 Å². The molecule has 2 aromatic rings. The van der Waals surface area contributed by atoms with Gasteiger partial charge in [-0.15, -0.1) is 0 Å². The molecule has 0 aliphatic heterocycles. The van der Waals surface area contributed by atoms with Gasteiger partial charge < -0.3 is 14.8 Å². The van der Waals surface area contributed by atoms with Crippen LogP contribution < -0.4 is 14.8 Å². The van der Waals surface area contributed by atoms with Gasteiger partial charge in [-0.3, -0.25) is 4.79 Å². The summed E-state index contributed by atoms with van der Waals surface area (Å²) in [6.07, 6.45) is 0.915. The number of aryl methyl sites for hydroxylation is 1. The second-order valence-corrected chi connectivity index (χ2v) is 4.99. The van der Waals surface area contributed by atoms with Crippen molar-refractivity contribution in [2.45, 2.75) is 20.3 Å². The van der Waals surface area contributed by atoms with Crippen LogP contribution in [0.1, 0.15) is 18.9 Å². The maximum atomic E-state index is 12.0. The molecule has 2 aromatic carbocycles. The molecule has 0 saturated heterocycles. The third-order valence-electron chi connectivity index (χ3n) is 3.01. The highest BCUT2D eigenvalue weighted by molar-refractivity contribution is 5.93. The number of nitrogens with one attached hydrogen (secondary N) is 1. The average molecular weight is 299 g/mol. The molecule has 4 heteroatoms. The number of hydrogen-bond acceptors (Lipinski definition) is 3. The Bertz CT molecular complexity index is 608. The minimum absolute atomic E-state index is 0.0365. The highest BCUT2D eigenvalue weighted by Crippen LogP contribution is 2.23. The van der Waals surface area contributed by atoms with Gasteiger partial charge in [-0.2, -0.15) is 0 Å². The van der Waals surface area contributed by atoms with Gasteiger partial charge in [0.1, 0.15) is 11.5 Å². The first-order valence-corrected chi connectivity index (χ1v) is 7.40. The second-order valence-electron chi connectivity index (χ2n) is 4.99. The lowest BCUT2D eigenvalue weighted by molar-refractivity contribution is -0.118. The van der Waals surface area contributed by atoms with Crippen LogP contribution in [0.5, 0.6) is 11.5 Å². The first-order valence-electron chi connectivity index (χ1n) is 7.40. The monoisotopic (exact) mass is 299 g/mol. The number of carbonyl (C=O) groups excluding carboxylic acids is 1. The van der Waals surface area contributed by atoms with Crippen molar-refractivity contribution in [2.75, 3.05) is 18.5 Å². The van der Waals surface area contributed by atoms with E-state index in [0.717, 1.165) is 12.0 Å². The van der Waals surface area contributed by atoms with Crippen LogP contribution in [0.4, 0.5) is 5.69 Å². The van der Waals surface area contributed by atoms with Crippen LogP contribution in [-0.2, 0) is 4.79 Å². The number of hydrogen-bond donors (Lipinski definition) is 1. The Morgan fingerprint density at radius 3 is 2.50 bits per heavy atom. The van der Waals surface area contributed by atoms with Gasteiger partial charge in [-0.25, -0.2) is 0 Å². The number of amides is 1. The molecular weight excluding hydrogens is 278 g/mol. The van der Waals surface area contributed by atoms with Gasteiger partial charge in [0.2, 0.25) is 0 Å². The maximum Gasteiger partial charge on any atom is 0.262 e. The molecule has 0 spiro atoms. The molecule has 0 atom stereocenters. The third-order valence-corrected chi connectivity index (χ3v) is 3.01. The van der Waals surface area contributed by atoms with Crippen LogP contribution in [0.15, 0.2) is 48.5 Å². The normalized spacial score (nSPS) is 10.1. The fraction of sp³-hybridized carbons (Fsp3) is 0.278. The lowest BCUT2D eigenvalue weighted by atomic mass is 10.2. The summed E-state index contributed by atoms with van der Waals surface area (Å²) in [5, 5.41) is 2.81. The number of anilines is 1. The van der Waals surface area contributed by atoms with Crippen LogP contribution in [0.2, 0.25) is 0 Å². The Kier molecular flexibility index (Phi) is 5.83. The quantitative estimate of drug-likeness (QED) is 0.846. The lowest BCUT2D eigenvalue weighted by Gasteiger charge is -2.12. The molecule has 0 aromatic heterocycles. The van der Waals surface area contributed by atoms with Crippen molar-refractivity contribution in [1.82, 2.24) is 0 Å². The van der Waals surface area contributed by atoms with E-state index in [9.17, 15) is 4.79 Å². The zero-order chi connectivity index (χ0) is 15.8. The summed E-state index contributed by atoms with van der Waals surface area (Å²) in [7, 11) is 0. The Hall–Kier alpha value is -2.49. The topological polar surface area (TPSA) is 47.6 Å². The summed E-state index contributed by atoms with van der Waals surface area (Å²) < 4.78 is 11.1. The van der Waals surface area contributed by atoms with Crippen molar-refractivity contribution in [3.63, 3.8) is 0 Å². The van der Waals surface area contributed by atoms with Crippen LogP contribution in [-0.4, -0.2) is 19.1 Å². The molecule has 0 aliphatic rings. The molecule has 0 bridgehead atoms. The van der Waals surface area contributed by atoms with Gasteiger partial charge in [-0.05, 0) is 37.6 Å². The van der Waals surface area contributed by atoms with E-state index in [4.69, 9.17) is 9.47 Å². The molecule has 116 valence electrons. The summed E-state index contributed by atoms with van der Waals surface area (Å²) in [5.74, 6) is 1.14. The largest absolute Gasteiger partial charge is 0.491 e. The fourth-order valence-electron chi connectivity index (χ4n) is 1.88. The van der Waals surface area contributed by atoms with Crippen molar-refractivity contribution < 1.29 is 14.3 Å². The Morgan fingerprint density at radius 2 is 1.77 bits per heavy atom. The van der Waals surface area contributed by atoms with Gasteiger partial charge in [0.05, 0.1) is 12.3 Å².